The summed E-state index contributed by atoms with van der Waals surface area (Å²) < 4.78 is 0. The van der Waals surface area contributed by atoms with Crippen LogP contribution in [0, 0.1) is 30.3 Å². The molecule has 0 fully saturated rings. The molecular formula is C25H17ClN6O6. The van der Waals surface area contributed by atoms with Gasteiger partial charge in [0.25, 0.3) is 17.1 Å². The molecule has 4 aromatic carbocycles. The Morgan fingerprint density at radius 3 is 1.89 bits per heavy atom. The molecule has 0 heterocycles. The van der Waals surface area contributed by atoms with Crippen LogP contribution in [0.5, 0.6) is 0 Å². The van der Waals surface area contributed by atoms with Crippen molar-refractivity contribution in [1.82, 2.24) is 0 Å². The van der Waals surface area contributed by atoms with E-state index in [9.17, 15) is 30.3 Å². The van der Waals surface area contributed by atoms with Crippen LogP contribution >= 0.6 is 11.6 Å². The number of rotatable bonds is 9. The minimum Gasteiger partial charge on any atom is -0.350 e. The van der Waals surface area contributed by atoms with E-state index in [-0.39, 0.29) is 22.6 Å². The topological polar surface area (TPSA) is 166 Å². The lowest BCUT2D eigenvalue weighted by Gasteiger charge is -2.13. The van der Waals surface area contributed by atoms with Crippen LogP contribution in [-0.4, -0.2) is 21.0 Å². The summed E-state index contributed by atoms with van der Waals surface area (Å²) in [5.41, 5.74) is 0.204. The molecule has 12 nitrogen and oxygen atoms in total. The van der Waals surface area contributed by atoms with Gasteiger partial charge in [0.2, 0.25) is 0 Å². The van der Waals surface area contributed by atoms with Gasteiger partial charge in [-0.2, -0.15) is 0 Å². The number of para-hydroxylation sites is 3. The van der Waals surface area contributed by atoms with Crippen molar-refractivity contribution in [3.63, 3.8) is 0 Å². The molecule has 0 radical (unpaired) electrons. The van der Waals surface area contributed by atoms with Crippen LogP contribution in [0.4, 0.5) is 45.5 Å². The zero-order valence-corrected chi connectivity index (χ0v) is 20.0. The molecule has 0 atom stereocenters. The fourth-order valence-electron chi connectivity index (χ4n) is 3.51. The maximum atomic E-state index is 11.8. The maximum Gasteiger partial charge on any atom is 0.299 e. The van der Waals surface area contributed by atoms with E-state index in [1.165, 1.54) is 30.5 Å². The van der Waals surface area contributed by atoms with E-state index in [1.54, 1.807) is 54.6 Å². The highest BCUT2D eigenvalue weighted by Crippen LogP contribution is 2.40. The summed E-state index contributed by atoms with van der Waals surface area (Å²) in [6, 6.07) is 21.1. The van der Waals surface area contributed by atoms with Crippen LogP contribution in [0.15, 0.2) is 89.9 Å². The number of halogens is 1. The third-order valence-electron chi connectivity index (χ3n) is 5.28. The van der Waals surface area contributed by atoms with Crippen LogP contribution < -0.4 is 10.6 Å². The Hall–Kier alpha value is -5.36. The van der Waals surface area contributed by atoms with Gasteiger partial charge in [-0.3, -0.25) is 35.3 Å². The quantitative estimate of drug-likeness (QED) is 0.128. The van der Waals surface area contributed by atoms with Gasteiger partial charge in [0.1, 0.15) is 11.4 Å². The first-order valence-electron chi connectivity index (χ1n) is 10.9. The van der Waals surface area contributed by atoms with Crippen molar-refractivity contribution in [3.8, 4) is 0 Å². The lowest BCUT2D eigenvalue weighted by atomic mass is 10.1. The molecule has 0 spiro atoms. The molecule has 0 amide bonds. The second-order valence-electron chi connectivity index (χ2n) is 7.75. The summed E-state index contributed by atoms with van der Waals surface area (Å²) in [7, 11) is 0. The van der Waals surface area contributed by atoms with E-state index in [1.807, 2.05) is 0 Å². The average Bonchev–Trinajstić information content (AvgIpc) is 2.89. The van der Waals surface area contributed by atoms with Gasteiger partial charge in [0, 0.05) is 23.0 Å². The van der Waals surface area contributed by atoms with Crippen molar-refractivity contribution in [2.75, 3.05) is 10.6 Å². The summed E-state index contributed by atoms with van der Waals surface area (Å²) >= 11 is 5.91. The fraction of sp³-hybridized carbons (Fsp3) is 0. The van der Waals surface area contributed by atoms with Crippen LogP contribution in [-0.2, 0) is 0 Å². The lowest BCUT2D eigenvalue weighted by Crippen LogP contribution is -2.03. The maximum absolute atomic E-state index is 11.8. The van der Waals surface area contributed by atoms with Gasteiger partial charge in [-0.25, -0.2) is 0 Å². The van der Waals surface area contributed by atoms with Crippen LogP contribution in [0.1, 0.15) is 5.56 Å². The van der Waals surface area contributed by atoms with E-state index in [4.69, 9.17) is 11.6 Å². The smallest absolute Gasteiger partial charge is 0.299 e. The average molecular weight is 533 g/mol. The molecule has 38 heavy (non-hydrogen) atoms. The molecule has 0 saturated heterocycles. The predicted molar refractivity (Wildman–Crippen MR) is 145 cm³/mol. The number of nitro benzene ring substituents is 3. The summed E-state index contributed by atoms with van der Waals surface area (Å²) in [5.74, 6) is 0. The minimum atomic E-state index is -0.736. The van der Waals surface area contributed by atoms with E-state index >= 15 is 0 Å². The fourth-order valence-corrected chi connectivity index (χ4v) is 3.63. The number of anilines is 4. The SMILES string of the molecule is O=[N+]([O-])c1ccccc1C=Nc1ccccc1Nc1cc(Nc2ccc(Cl)cc2)c([N+](=O)[O-])cc1[N+](=O)[O-]. The zero-order chi connectivity index (χ0) is 27.2. The highest BCUT2D eigenvalue weighted by Gasteiger charge is 2.25. The van der Waals surface area contributed by atoms with Gasteiger partial charge in [-0.15, -0.1) is 0 Å². The molecule has 0 unspecified atom stereocenters. The number of hydrogen-bond acceptors (Lipinski definition) is 9. The van der Waals surface area contributed by atoms with Gasteiger partial charge < -0.3 is 10.6 Å². The van der Waals surface area contributed by atoms with Gasteiger partial charge in [0.15, 0.2) is 0 Å². The van der Waals surface area contributed by atoms with Crippen molar-refractivity contribution >= 4 is 63.3 Å². The number of nitrogens with zero attached hydrogens (tertiary/aromatic N) is 4. The summed E-state index contributed by atoms with van der Waals surface area (Å²) in [6.45, 7) is 0. The first-order chi connectivity index (χ1) is 18.2. The molecule has 4 aromatic rings. The summed E-state index contributed by atoms with van der Waals surface area (Å²) in [4.78, 5) is 37.2. The Labute approximate surface area is 219 Å². The third kappa shape index (κ3) is 5.88. The van der Waals surface area contributed by atoms with Gasteiger partial charge >= 0.3 is 0 Å². The number of nitrogens with one attached hydrogen (secondary N) is 2. The Morgan fingerprint density at radius 1 is 0.658 bits per heavy atom. The number of hydrogen-bond donors (Lipinski definition) is 2. The van der Waals surface area contributed by atoms with Crippen molar-refractivity contribution in [2.24, 2.45) is 4.99 Å². The molecule has 13 heteroatoms. The van der Waals surface area contributed by atoms with Crippen LogP contribution in [0.2, 0.25) is 5.02 Å². The zero-order valence-electron chi connectivity index (χ0n) is 19.3. The molecule has 0 bridgehead atoms. The van der Waals surface area contributed by atoms with Crippen molar-refractivity contribution in [2.45, 2.75) is 0 Å². The Bertz CT molecular complexity index is 1580. The highest BCUT2D eigenvalue weighted by atomic mass is 35.5. The van der Waals surface area contributed by atoms with E-state index < -0.39 is 26.1 Å². The molecule has 0 aromatic heterocycles. The highest BCUT2D eigenvalue weighted by molar-refractivity contribution is 6.30. The molecule has 0 aliphatic rings. The Kier molecular flexibility index (Phi) is 7.54. The van der Waals surface area contributed by atoms with E-state index in [0.717, 1.165) is 6.07 Å². The third-order valence-corrected chi connectivity index (χ3v) is 5.53. The molecule has 190 valence electrons. The van der Waals surface area contributed by atoms with Crippen molar-refractivity contribution in [3.05, 3.63) is 126 Å². The largest absolute Gasteiger partial charge is 0.350 e. The molecule has 0 aliphatic carbocycles. The normalized spacial score (nSPS) is 10.8. The van der Waals surface area contributed by atoms with Crippen LogP contribution in [0.3, 0.4) is 0 Å². The number of aliphatic imine (C=N–C) groups is 1. The van der Waals surface area contributed by atoms with Gasteiger partial charge in [0.05, 0.1) is 37.8 Å². The molecule has 4 rings (SSSR count). The standard InChI is InChI=1S/C25H17ClN6O6/c26-17-9-11-18(12-10-17)28-21-13-22(25(32(37)38)14-24(21)31(35)36)29-20-7-3-2-6-19(20)27-15-16-5-1-4-8-23(16)30(33)34/h1-15,28-29H. The molecule has 0 saturated carbocycles. The number of benzene rings is 4. The van der Waals surface area contributed by atoms with Gasteiger partial charge in [-0.1, -0.05) is 35.9 Å². The Balaban J connectivity index is 1.75. The first kappa shape index (κ1) is 25.7. The van der Waals surface area contributed by atoms with Crippen molar-refractivity contribution in [1.29, 1.82) is 0 Å². The number of nitro groups is 3. The second-order valence-corrected chi connectivity index (χ2v) is 8.19. The predicted octanol–water partition coefficient (Wildman–Crippen LogP) is 7.30. The molecular weight excluding hydrogens is 516 g/mol. The monoisotopic (exact) mass is 532 g/mol. The summed E-state index contributed by atoms with van der Waals surface area (Å²) in [6.07, 6.45) is 1.32. The van der Waals surface area contributed by atoms with E-state index in [0.29, 0.717) is 22.1 Å². The minimum absolute atomic E-state index is 0.00585. The van der Waals surface area contributed by atoms with Crippen LogP contribution in [0.25, 0.3) is 0 Å². The van der Waals surface area contributed by atoms with Gasteiger partial charge in [-0.05, 0) is 48.5 Å². The molecule has 2 N–H and O–H groups in total. The second kappa shape index (κ2) is 11.1. The summed E-state index contributed by atoms with van der Waals surface area (Å²) in [5, 5.41) is 41.1. The Morgan fingerprint density at radius 2 is 1.24 bits per heavy atom. The van der Waals surface area contributed by atoms with E-state index in [2.05, 4.69) is 15.6 Å². The first-order valence-corrected chi connectivity index (χ1v) is 11.2. The molecule has 0 aliphatic heterocycles. The lowest BCUT2D eigenvalue weighted by molar-refractivity contribution is -0.393. The van der Waals surface area contributed by atoms with Crippen molar-refractivity contribution < 1.29 is 14.8 Å².